The van der Waals surface area contributed by atoms with E-state index in [-0.39, 0.29) is 0 Å². The van der Waals surface area contributed by atoms with Crippen molar-refractivity contribution in [2.75, 3.05) is 24.7 Å². The van der Waals surface area contributed by atoms with Gasteiger partial charge < -0.3 is 9.84 Å². The molecule has 2 fully saturated rings. The van der Waals surface area contributed by atoms with Crippen LogP contribution in [0.4, 0.5) is 0 Å². The van der Waals surface area contributed by atoms with Gasteiger partial charge in [-0.05, 0) is 31.4 Å². The molecule has 1 atom stereocenters. The Kier molecular flexibility index (Phi) is 4.10. The Bertz CT molecular complexity index is 248. The van der Waals surface area contributed by atoms with Crippen molar-refractivity contribution in [2.24, 2.45) is 0 Å². The molecule has 2 N–H and O–H groups in total. The molecule has 0 bridgehead atoms. The van der Waals surface area contributed by atoms with Crippen LogP contribution in [0, 0.1) is 0 Å². The van der Waals surface area contributed by atoms with Gasteiger partial charge in [-0.3, -0.25) is 10.1 Å². The van der Waals surface area contributed by atoms with Crippen LogP contribution in [0.1, 0.15) is 25.7 Å². The number of hydrogen-bond donors (Lipinski definition) is 2. The van der Waals surface area contributed by atoms with E-state index < -0.39 is 11.5 Å². The van der Waals surface area contributed by atoms with Crippen LogP contribution in [0.2, 0.25) is 0 Å². The van der Waals surface area contributed by atoms with Crippen molar-refractivity contribution in [2.45, 2.75) is 37.3 Å². The SMILES string of the molecule is O=C(O)C1(NC2CCOCC2)CCCSC1. The van der Waals surface area contributed by atoms with Crippen LogP contribution in [0.15, 0.2) is 0 Å². The molecule has 5 heteroatoms. The lowest BCUT2D eigenvalue weighted by molar-refractivity contribution is -0.145. The van der Waals surface area contributed by atoms with Gasteiger partial charge in [0.15, 0.2) is 0 Å². The van der Waals surface area contributed by atoms with E-state index in [1.165, 1.54) is 0 Å². The highest BCUT2D eigenvalue weighted by Crippen LogP contribution is 2.28. The summed E-state index contributed by atoms with van der Waals surface area (Å²) in [6, 6.07) is 0.309. The molecule has 2 rings (SSSR count). The van der Waals surface area contributed by atoms with Gasteiger partial charge in [-0.25, -0.2) is 0 Å². The topological polar surface area (TPSA) is 58.6 Å². The van der Waals surface area contributed by atoms with Gasteiger partial charge in [0.25, 0.3) is 0 Å². The fourth-order valence-electron chi connectivity index (χ4n) is 2.37. The standard InChI is InChI=1S/C11H19NO3S/c13-10(14)11(4-1-7-16-8-11)12-9-2-5-15-6-3-9/h9,12H,1-8H2,(H,13,14). The number of carboxylic acids is 1. The van der Waals surface area contributed by atoms with E-state index in [9.17, 15) is 9.90 Å². The van der Waals surface area contributed by atoms with Crippen molar-refractivity contribution in [3.05, 3.63) is 0 Å². The number of rotatable bonds is 3. The van der Waals surface area contributed by atoms with Crippen molar-refractivity contribution in [3.8, 4) is 0 Å². The van der Waals surface area contributed by atoms with Gasteiger partial charge in [0, 0.05) is 25.0 Å². The summed E-state index contributed by atoms with van der Waals surface area (Å²) in [5.41, 5.74) is -0.690. The number of ether oxygens (including phenoxy) is 1. The largest absolute Gasteiger partial charge is 0.480 e. The Morgan fingerprint density at radius 1 is 1.44 bits per heavy atom. The lowest BCUT2D eigenvalue weighted by Gasteiger charge is -2.38. The Morgan fingerprint density at radius 3 is 2.75 bits per heavy atom. The van der Waals surface area contributed by atoms with E-state index in [1.54, 1.807) is 11.8 Å². The van der Waals surface area contributed by atoms with Gasteiger partial charge in [-0.1, -0.05) is 0 Å². The molecule has 0 amide bonds. The normalized spacial score (nSPS) is 32.5. The molecular formula is C11H19NO3S. The molecule has 0 aliphatic carbocycles. The molecule has 0 aromatic carbocycles. The van der Waals surface area contributed by atoms with Gasteiger partial charge in [-0.2, -0.15) is 11.8 Å². The quantitative estimate of drug-likeness (QED) is 0.780. The Morgan fingerprint density at radius 2 is 2.19 bits per heavy atom. The first kappa shape index (κ1) is 12.2. The Hall–Kier alpha value is -0.260. The number of thioether (sulfide) groups is 1. The molecule has 2 aliphatic heterocycles. The minimum atomic E-state index is -0.690. The number of carbonyl (C=O) groups is 1. The Labute approximate surface area is 100 Å². The zero-order valence-electron chi connectivity index (χ0n) is 9.41. The smallest absolute Gasteiger partial charge is 0.324 e. The molecule has 2 saturated heterocycles. The molecule has 0 aromatic rings. The highest BCUT2D eigenvalue weighted by atomic mass is 32.2. The molecule has 16 heavy (non-hydrogen) atoms. The number of carboxylic acid groups (broad SMARTS) is 1. The second-order valence-electron chi connectivity index (χ2n) is 4.57. The lowest BCUT2D eigenvalue weighted by atomic mass is 9.93. The van der Waals surface area contributed by atoms with E-state index in [0.29, 0.717) is 11.8 Å². The van der Waals surface area contributed by atoms with Gasteiger partial charge >= 0.3 is 5.97 Å². The molecule has 0 aromatic heterocycles. The summed E-state index contributed by atoms with van der Waals surface area (Å²) in [5, 5.41) is 12.8. The second-order valence-corrected chi connectivity index (χ2v) is 5.68. The van der Waals surface area contributed by atoms with Crippen LogP contribution in [-0.2, 0) is 9.53 Å². The predicted octanol–water partition coefficient (Wildman–Crippen LogP) is 1.11. The van der Waals surface area contributed by atoms with Crippen molar-refractivity contribution >= 4 is 17.7 Å². The summed E-state index contributed by atoms with van der Waals surface area (Å²) in [6.45, 7) is 1.50. The summed E-state index contributed by atoms with van der Waals surface area (Å²) >= 11 is 1.74. The van der Waals surface area contributed by atoms with E-state index in [4.69, 9.17) is 4.74 Å². The van der Waals surface area contributed by atoms with Crippen molar-refractivity contribution in [1.29, 1.82) is 0 Å². The zero-order chi connectivity index (χ0) is 11.4. The van der Waals surface area contributed by atoms with Crippen LogP contribution < -0.4 is 5.32 Å². The van der Waals surface area contributed by atoms with E-state index >= 15 is 0 Å². The second kappa shape index (κ2) is 5.38. The van der Waals surface area contributed by atoms with Gasteiger partial charge in [0.1, 0.15) is 5.54 Å². The molecule has 0 radical (unpaired) electrons. The number of aliphatic carboxylic acids is 1. The van der Waals surface area contributed by atoms with Gasteiger partial charge in [0.05, 0.1) is 0 Å². The number of hydrogen-bond acceptors (Lipinski definition) is 4. The first-order chi connectivity index (χ1) is 7.73. The van der Waals surface area contributed by atoms with Crippen LogP contribution in [-0.4, -0.2) is 47.4 Å². The maximum Gasteiger partial charge on any atom is 0.324 e. The van der Waals surface area contributed by atoms with E-state index in [0.717, 1.165) is 44.6 Å². The van der Waals surface area contributed by atoms with E-state index in [1.807, 2.05) is 0 Å². The first-order valence-corrected chi connectivity index (χ1v) is 7.05. The molecule has 2 aliphatic rings. The molecule has 2 heterocycles. The van der Waals surface area contributed by atoms with E-state index in [2.05, 4.69) is 5.32 Å². The monoisotopic (exact) mass is 245 g/mol. The minimum Gasteiger partial charge on any atom is -0.480 e. The van der Waals surface area contributed by atoms with Crippen molar-refractivity contribution in [1.82, 2.24) is 5.32 Å². The fraction of sp³-hybridized carbons (Fsp3) is 0.909. The van der Waals surface area contributed by atoms with Crippen molar-refractivity contribution in [3.63, 3.8) is 0 Å². The zero-order valence-corrected chi connectivity index (χ0v) is 10.2. The van der Waals surface area contributed by atoms with Crippen LogP contribution in [0.3, 0.4) is 0 Å². The Balaban J connectivity index is 1.98. The predicted molar refractivity (Wildman–Crippen MR) is 63.9 cm³/mol. The molecular weight excluding hydrogens is 226 g/mol. The summed E-state index contributed by atoms with van der Waals surface area (Å²) in [7, 11) is 0. The summed E-state index contributed by atoms with van der Waals surface area (Å²) in [6.07, 6.45) is 3.61. The maximum absolute atomic E-state index is 11.4. The van der Waals surface area contributed by atoms with Crippen LogP contribution in [0.25, 0.3) is 0 Å². The molecule has 92 valence electrons. The van der Waals surface area contributed by atoms with Gasteiger partial charge in [0.2, 0.25) is 0 Å². The number of nitrogens with one attached hydrogen (secondary N) is 1. The molecule has 0 saturated carbocycles. The third-order valence-corrected chi connectivity index (χ3v) is 4.63. The van der Waals surface area contributed by atoms with Crippen LogP contribution >= 0.6 is 11.8 Å². The van der Waals surface area contributed by atoms with Gasteiger partial charge in [-0.15, -0.1) is 0 Å². The highest BCUT2D eigenvalue weighted by molar-refractivity contribution is 7.99. The average Bonchev–Trinajstić information content (AvgIpc) is 2.31. The summed E-state index contributed by atoms with van der Waals surface area (Å²) in [4.78, 5) is 11.4. The third-order valence-electron chi connectivity index (χ3n) is 3.35. The minimum absolute atomic E-state index is 0.309. The van der Waals surface area contributed by atoms with Crippen molar-refractivity contribution < 1.29 is 14.6 Å². The molecule has 4 nitrogen and oxygen atoms in total. The first-order valence-electron chi connectivity index (χ1n) is 5.89. The fourth-order valence-corrected chi connectivity index (χ4v) is 3.56. The average molecular weight is 245 g/mol. The summed E-state index contributed by atoms with van der Waals surface area (Å²) < 4.78 is 5.29. The maximum atomic E-state index is 11.4. The molecule has 1 unspecified atom stereocenters. The molecule has 0 spiro atoms. The summed E-state index contributed by atoms with van der Waals surface area (Å²) in [5.74, 6) is 1.09. The van der Waals surface area contributed by atoms with Crippen LogP contribution in [0.5, 0.6) is 0 Å². The lowest BCUT2D eigenvalue weighted by Crippen LogP contribution is -2.59. The third kappa shape index (κ3) is 2.70. The highest BCUT2D eigenvalue weighted by Gasteiger charge is 2.41.